The Morgan fingerprint density at radius 3 is 2.79 bits per heavy atom. The van der Waals surface area contributed by atoms with Crippen LogP contribution >= 0.6 is 0 Å². The van der Waals surface area contributed by atoms with E-state index in [1.165, 1.54) is 19.3 Å². The van der Waals surface area contributed by atoms with Gasteiger partial charge in [0, 0.05) is 13.0 Å². The van der Waals surface area contributed by atoms with Gasteiger partial charge in [-0.05, 0) is 24.7 Å². The minimum atomic E-state index is 0.630. The van der Waals surface area contributed by atoms with Crippen molar-refractivity contribution in [1.29, 1.82) is 0 Å². The summed E-state index contributed by atoms with van der Waals surface area (Å²) >= 11 is 0. The van der Waals surface area contributed by atoms with Gasteiger partial charge >= 0.3 is 0 Å². The third-order valence-electron chi connectivity index (χ3n) is 3.45. The Morgan fingerprint density at radius 2 is 2.21 bits per heavy atom. The van der Waals surface area contributed by atoms with Crippen LogP contribution in [-0.4, -0.2) is 26.1 Å². The molecule has 0 aliphatic heterocycles. The number of nitrogens with two attached hydrogens (primary N) is 1. The zero-order chi connectivity index (χ0) is 9.97. The quantitative estimate of drug-likeness (QED) is 0.227. The minimum Gasteiger partial charge on any atom is -0.383 e. The second kappa shape index (κ2) is 4.28. The topological polar surface area (TPSA) is 59.6 Å². The Morgan fingerprint density at radius 1 is 1.50 bits per heavy atom. The Kier molecular flexibility index (Phi) is 3.03. The molecule has 0 saturated heterocycles. The fourth-order valence-corrected chi connectivity index (χ4v) is 2.73. The van der Waals surface area contributed by atoms with Gasteiger partial charge in [-0.1, -0.05) is 6.42 Å². The summed E-state index contributed by atoms with van der Waals surface area (Å²) in [5, 5.41) is 0. The van der Waals surface area contributed by atoms with Crippen molar-refractivity contribution in [2.24, 2.45) is 28.6 Å². The molecule has 4 heteroatoms. The first-order chi connectivity index (χ1) is 6.88. The van der Waals surface area contributed by atoms with E-state index < -0.39 is 0 Å². The fraction of sp³-hybridized carbons (Fsp3) is 0.900. The molecule has 2 aliphatic rings. The SMILES string of the molecule is COCCN=C(NN)C1C2CCCC21. The van der Waals surface area contributed by atoms with Crippen molar-refractivity contribution in [1.82, 2.24) is 5.43 Å². The molecule has 0 bridgehead atoms. The molecular weight excluding hydrogens is 178 g/mol. The van der Waals surface area contributed by atoms with E-state index in [2.05, 4.69) is 10.4 Å². The molecule has 2 saturated carbocycles. The maximum absolute atomic E-state index is 5.48. The van der Waals surface area contributed by atoms with Crippen molar-refractivity contribution in [3.8, 4) is 0 Å². The molecule has 0 radical (unpaired) electrons. The van der Waals surface area contributed by atoms with Crippen molar-refractivity contribution < 1.29 is 4.74 Å². The molecule has 0 aromatic carbocycles. The third kappa shape index (κ3) is 1.77. The van der Waals surface area contributed by atoms with E-state index in [0.29, 0.717) is 19.1 Å². The van der Waals surface area contributed by atoms with Crippen molar-refractivity contribution in [3.63, 3.8) is 0 Å². The summed E-state index contributed by atoms with van der Waals surface area (Å²) in [5.41, 5.74) is 2.75. The van der Waals surface area contributed by atoms with E-state index in [4.69, 9.17) is 10.6 Å². The zero-order valence-corrected chi connectivity index (χ0v) is 8.70. The van der Waals surface area contributed by atoms with Gasteiger partial charge in [-0.2, -0.15) is 0 Å². The second-order valence-corrected chi connectivity index (χ2v) is 4.19. The Bertz CT molecular complexity index is 219. The molecular formula is C10H19N3O. The molecule has 14 heavy (non-hydrogen) atoms. The number of hydrogen-bond donors (Lipinski definition) is 2. The van der Waals surface area contributed by atoms with Crippen molar-refractivity contribution in [2.75, 3.05) is 20.3 Å². The predicted octanol–water partition coefficient (Wildman–Crippen LogP) is 0.541. The first-order valence-corrected chi connectivity index (χ1v) is 5.38. The Labute approximate surface area is 84.9 Å². The Hall–Kier alpha value is -0.610. The highest BCUT2D eigenvalue weighted by Crippen LogP contribution is 2.57. The van der Waals surface area contributed by atoms with Gasteiger partial charge in [0.05, 0.1) is 13.2 Å². The van der Waals surface area contributed by atoms with E-state index in [9.17, 15) is 0 Å². The minimum absolute atomic E-state index is 0.630. The molecule has 2 atom stereocenters. The molecule has 2 aliphatic carbocycles. The van der Waals surface area contributed by atoms with Gasteiger partial charge in [0.2, 0.25) is 0 Å². The summed E-state index contributed by atoms with van der Waals surface area (Å²) in [5.74, 6) is 8.84. The summed E-state index contributed by atoms with van der Waals surface area (Å²) in [4.78, 5) is 4.43. The van der Waals surface area contributed by atoms with Crippen LogP contribution in [0, 0.1) is 17.8 Å². The van der Waals surface area contributed by atoms with Crippen molar-refractivity contribution >= 4 is 5.84 Å². The summed E-state index contributed by atoms with van der Waals surface area (Å²) < 4.78 is 4.96. The number of amidine groups is 1. The number of methoxy groups -OCH3 is 1. The highest BCUT2D eigenvalue weighted by Gasteiger charge is 2.54. The van der Waals surface area contributed by atoms with E-state index in [0.717, 1.165) is 17.7 Å². The molecule has 80 valence electrons. The van der Waals surface area contributed by atoms with E-state index in [-0.39, 0.29) is 0 Å². The lowest BCUT2D eigenvalue weighted by Crippen LogP contribution is -2.33. The second-order valence-electron chi connectivity index (χ2n) is 4.19. The van der Waals surface area contributed by atoms with Gasteiger partial charge in [-0.3, -0.25) is 4.99 Å². The lowest BCUT2D eigenvalue weighted by molar-refractivity contribution is 0.208. The van der Waals surface area contributed by atoms with Gasteiger partial charge in [0.25, 0.3) is 0 Å². The number of hydrogen-bond acceptors (Lipinski definition) is 3. The van der Waals surface area contributed by atoms with Gasteiger partial charge in [-0.15, -0.1) is 0 Å². The molecule has 2 rings (SSSR count). The number of nitrogens with zero attached hydrogens (tertiary/aromatic N) is 1. The maximum atomic E-state index is 5.48. The number of rotatable bonds is 4. The van der Waals surface area contributed by atoms with Crippen LogP contribution < -0.4 is 11.3 Å². The number of hydrazine groups is 1. The molecule has 2 unspecified atom stereocenters. The van der Waals surface area contributed by atoms with E-state index >= 15 is 0 Å². The normalized spacial score (nSPS) is 35.6. The van der Waals surface area contributed by atoms with Crippen molar-refractivity contribution in [2.45, 2.75) is 19.3 Å². The van der Waals surface area contributed by atoms with Crippen LogP contribution in [0.25, 0.3) is 0 Å². The van der Waals surface area contributed by atoms with E-state index in [1.54, 1.807) is 7.11 Å². The van der Waals surface area contributed by atoms with Crippen LogP contribution in [0.5, 0.6) is 0 Å². The van der Waals surface area contributed by atoms with Gasteiger partial charge < -0.3 is 10.2 Å². The van der Waals surface area contributed by atoms with Crippen LogP contribution in [0.1, 0.15) is 19.3 Å². The highest BCUT2D eigenvalue weighted by atomic mass is 16.5. The number of aliphatic imine (C=N–C) groups is 1. The largest absolute Gasteiger partial charge is 0.383 e. The monoisotopic (exact) mass is 197 g/mol. The molecule has 2 fully saturated rings. The summed E-state index contributed by atoms with van der Waals surface area (Å²) in [7, 11) is 1.69. The molecule has 0 spiro atoms. The lowest BCUT2D eigenvalue weighted by atomic mass is 10.1. The van der Waals surface area contributed by atoms with E-state index in [1.807, 2.05) is 0 Å². The third-order valence-corrected chi connectivity index (χ3v) is 3.45. The molecule has 0 amide bonds. The summed E-state index contributed by atoms with van der Waals surface area (Å²) in [6, 6.07) is 0. The van der Waals surface area contributed by atoms with Crippen LogP contribution in [0.15, 0.2) is 4.99 Å². The molecule has 3 N–H and O–H groups in total. The standard InChI is InChI=1S/C10H19N3O/c1-14-6-5-12-10(13-11)9-7-3-2-4-8(7)9/h7-9H,2-6,11H2,1H3,(H,12,13). The predicted molar refractivity (Wildman–Crippen MR) is 55.8 cm³/mol. The van der Waals surface area contributed by atoms with Crippen LogP contribution in [-0.2, 0) is 4.74 Å². The van der Waals surface area contributed by atoms with Crippen molar-refractivity contribution in [3.05, 3.63) is 0 Å². The first-order valence-electron chi connectivity index (χ1n) is 5.38. The summed E-state index contributed by atoms with van der Waals surface area (Å²) in [6.07, 6.45) is 4.11. The average Bonchev–Trinajstić information content (AvgIpc) is 2.69. The van der Waals surface area contributed by atoms with Crippen LogP contribution in [0.4, 0.5) is 0 Å². The number of ether oxygens (including phenoxy) is 1. The smallest absolute Gasteiger partial charge is 0.114 e. The lowest BCUT2D eigenvalue weighted by Gasteiger charge is -2.07. The molecule has 0 heterocycles. The van der Waals surface area contributed by atoms with Crippen LogP contribution in [0.2, 0.25) is 0 Å². The maximum Gasteiger partial charge on any atom is 0.114 e. The van der Waals surface area contributed by atoms with Crippen LogP contribution in [0.3, 0.4) is 0 Å². The fourth-order valence-electron chi connectivity index (χ4n) is 2.73. The number of fused-ring (bicyclic) bond motifs is 1. The molecule has 0 aromatic heterocycles. The highest BCUT2D eigenvalue weighted by molar-refractivity contribution is 5.87. The summed E-state index contributed by atoms with van der Waals surface area (Å²) in [6.45, 7) is 1.39. The Balaban J connectivity index is 1.85. The zero-order valence-electron chi connectivity index (χ0n) is 8.70. The van der Waals surface area contributed by atoms with Gasteiger partial charge in [0.1, 0.15) is 5.84 Å². The number of nitrogens with one attached hydrogen (secondary N) is 1. The first kappa shape index (κ1) is 9.93. The molecule has 4 nitrogen and oxygen atoms in total. The van der Waals surface area contributed by atoms with Gasteiger partial charge in [0.15, 0.2) is 0 Å². The molecule has 0 aromatic rings. The van der Waals surface area contributed by atoms with Gasteiger partial charge in [-0.25, -0.2) is 5.84 Å². The average molecular weight is 197 g/mol.